The molecule has 2 aromatic rings. The standard InChI is InChI=1S/C12H15N5/c1-2-6-17-11(3-1)15-16-12(17)10-7-9(13-14-10)8-4-5-8/h7-8H,1-6H2,(H,13,14). The van der Waals surface area contributed by atoms with Crippen LogP contribution in [0, 0.1) is 0 Å². The zero-order valence-corrected chi connectivity index (χ0v) is 9.69. The van der Waals surface area contributed by atoms with Crippen molar-refractivity contribution in [2.24, 2.45) is 0 Å². The molecule has 5 nitrogen and oxygen atoms in total. The number of hydrogen-bond acceptors (Lipinski definition) is 3. The Labute approximate surface area is 99.3 Å². The molecule has 0 saturated heterocycles. The molecule has 17 heavy (non-hydrogen) atoms. The maximum Gasteiger partial charge on any atom is 0.184 e. The molecule has 88 valence electrons. The molecule has 0 radical (unpaired) electrons. The molecule has 0 spiro atoms. The minimum absolute atomic E-state index is 0.708. The van der Waals surface area contributed by atoms with Gasteiger partial charge in [-0.05, 0) is 31.7 Å². The fourth-order valence-corrected chi connectivity index (χ4v) is 2.55. The van der Waals surface area contributed by atoms with Crippen LogP contribution in [0.4, 0.5) is 0 Å². The Kier molecular flexibility index (Phi) is 1.89. The van der Waals surface area contributed by atoms with Crippen LogP contribution in [-0.2, 0) is 13.0 Å². The summed E-state index contributed by atoms with van der Waals surface area (Å²) in [6.07, 6.45) is 6.08. The van der Waals surface area contributed by atoms with E-state index in [9.17, 15) is 0 Å². The zero-order valence-electron chi connectivity index (χ0n) is 9.69. The van der Waals surface area contributed by atoms with E-state index in [1.165, 1.54) is 31.4 Å². The van der Waals surface area contributed by atoms with Crippen LogP contribution in [0.15, 0.2) is 6.07 Å². The summed E-state index contributed by atoms with van der Waals surface area (Å²) in [5.41, 5.74) is 2.21. The third-order valence-electron chi connectivity index (χ3n) is 3.70. The van der Waals surface area contributed by atoms with E-state index in [-0.39, 0.29) is 0 Å². The number of nitrogens with zero attached hydrogens (tertiary/aromatic N) is 4. The van der Waals surface area contributed by atoms with Gasteiger partial charge in [-0.25, -0.2) is 0 Å². The molecule has 2 aliphatic rings. The first-order valence-corrected chi connectivity index (χ1v) is 6.39. The lowest BCUT2D eigenvalue weighted by Crippen LogP contribution is -2.11. The van der Waals surface area contributed by atoms with Crippen molar-refractivity contribution in [1.29, 1.82) is 0 Å². The molecule has 0 amide bonds. The molecular weight excluding hydrogens is 214 g/mol. The second-order valence-corrected chi connectivity index (χ2v) is 5.03. The first kappa shape index (κ1) is 9.39. The SMILES string of the molecule is c1c(-c2nnc3n2CCCC3)n[nH]c1C1CC1. The minimum atomic E-state index is 0.708. The van der Waals surface area contributed by atoms with Crippen LogP contribution in [0.25, 0.3) is 11.5 Å². The summed E-state index contributed by atoms with van der Waals surface area (Å²) < 4.78 is 2.22. The van der Waals surface area contributed by atoms with Crippen molar-refractivity contribution in [3.8, 4) is 11.5 Å². The van der Waals surface area contributed by atoms with Crippen molar-refractivity contribution in [2.75, 3.05) is 0 Å². The van der Waals surface area contributed by atoms with E-state index in [2.05, 4.69) is 31.0 Å². The number of hydrogen-bond donors (Lipinski definition) is 1. The van der Waals surface area contributed by atoms with Gasteiger partial charge in [0.1, 0.15) is 11.5 Å². The lowest BCUT2D eigenvalue weighted by atomic mass is 10.1. The van der Waals surface area contributed by atoms with Crippen molar-refractivity contribution in [3.05, 3.63) is 17.6 Å². The molecule has 1 saturated carbocycles. The number of rotatable bonds is 2. The first-order valence-electron chi connectivity index (χ1n) is 6.39. The van der Waals surface area contributed by atoms with Crippen molar-refractivity contribution in [2.45, 2.75) is 44.6 Å². The highest BCUT2D eigenvalue weighted by Crippen LogP contribution is 2.39. The van der Waals surface area contributed by atoms with Gasteiger partial charge in [-0.2, -0.15) is 5.10 Å². The lowest BCUT2D eigenvalue weighted by molar-refractivity contribution is 0.525. The summed E-state index contributed by atoms with van der Waals surface area (Å²) in [6.45, 7) is 1.03. The van der Waals surface area contributed by atoms with E-state index in [0.29, 0.717) is 5.92 Å². The number of aromatic nitrogens is 5. The molecule has 4 rings (SSSR count). The molecule has 0 bridgehead atoms. The molecule has 1 aliphatic heterocycles. The van der Waals surface area contributed by atoms with Crippen LogP contribution in [0.1, 0.15) is 43.1 Å². The zero-order chi connectivity index (χ0) is 11.2. The summed E-state index contributed by atoms with van der Waals surface area (Å²) in [6, 6.07) is 2.14. The normalized spacial score (nSPS) is 19.3. The van der Waals surface area contributed by atoms with Crippen LogP contribution in [-0.4, -0.2) is 25.0 Å². The molecule has 5 heteroatoms. The van der Waals surface area contributed by atoms with E-state index in [0.717, 1.165) is 30.3 Å². The quantitative estimate of drug-likeness (QED) is 0.855. The Morgan fingerprint density at radius 1 is 1.24 bits per heavy atom. The predicted octanol–water partition coefficient (Wildman–Crippen LogP) is 1.88. The highest BCUT2D eigenvalue weighted by atomic mass is 15.3. The second-order valence-electron chi connectivity index (χ2n) is 5.03. The van der Waals surface area contributed by atoms with Crippen LogP contribution in [0.5, 0.6) is 0 Å². The smallest absolute Gasteiger partial charge is 0.184 e. The topological polar surface area (TPSA) is 59.4 Å². The van der Waals surface area contributed by atoms with Crippen molar-refractivity contribution in [1.82, 2.24) is 25.0 Å². The maximum absolute atomic E-state index is 4.38. The first-order chi connectivity index (χ1) is 8.42. The molecular formula is C12H15N5. The molecule has 2 aromatic heterocycles. The van der Waals surface area contributed by atoms with E-state index in [1.54, 1.807) is 0 Å². The maximum atomic E-state index is 4.38. The third kappa shape index (κ3) is 1.49. The van der Waals surface area contributed by atoms with Gasteiger partial charge in [-0.3, -0.25) is 5.10 Å². The third-order valence-corrected chi connectivity index (χ3v) is 3.70. The van der Waals surface area contributed by atoms with E-state index >= 15 is 0 Å². The minimum Gasteiger partial charge on any atom is -0.310 e. The Hall–Kier alpha value is -1.65. The summed E-state index contributed by atoms with van der Waals surface area (Å²) >= 11 is 0. The number of H-pyrrole nitrogens is 1. The fourth-order valence-electron chi connectivity index (χ4n) is 2.55. The second kappa shape index (κ2) is 3.42. The summed E-state index contributed by atoms with van der Waals surface area (Å²) in [5.74, 6) is 2.75. The van der Waals surface area contributed by atoms with E-state index in [4.69, 9.17) is 0 Å². The number of nitrogens with one attached hydrogen (secondary N) is 1. The summed E-state index contributed by atoms with van der Waals surface area (Å²) in [5, 5.41) is 16.1. The Morgan fingerprint density at radius 2 is 2.18 bits per heavy atom. The van der Waals surface area contributed by atoms with Crippen LogP contribution >= 0.6 is 0 Å². The molecule has 0 aromatic carbocycles. The van der Waals surface area contributed by atoms with Crippen LogP contribution < -0.4 is 0 Å². The van der Waals surface area contributed by atoms with Gasteiger partial charge < -0.3 is 4.57 Å². The van der Waals surface area contributed by atoms with Gasteiger partial charge in [-0.15, -0.1) is 10.2 Å². The van der Waals surface area contributed by atoms with E-state index < -0.39 is 0 Å². The predicted molar refractivity (Wildman–Crippen MR) is 62.5 cm³/mol. The van der Waals surface area contributed by atoms with Gasteiger partial charge >= 0.3 is 0 Å². The summed E-state index contributed by atoms with van der Waals surface area (Å²) in [7, 11) is 0. The Morgan fingerprint density at radius 3 is 3.06 bits per heavy atom. The van der Waals surface area contributed by atoms with Gasteiger partial charge in [0.15, 0.2) is 5.82 Å². The molecule has 3 heterocycles. The Balaban J connectivity index is 1.74. The van der Waals surface area contributed by atoms with Crippen LogP contribution in [0.2, 0.25) is 0 Å². The highest BCUT2D eigenvalue weighted by molar-refractivity contribution is 5.50. The molecule has 0 atom stereocenters. The lowest BCUT2D eigenvalue weighted by Gasteiger charge is -2.13. The molecule has 1 fully saturated rings. The van der Waals surface area contributed by atoms with Gasteiger partial charge in [0.25, 0.3) is 0 Å². The van der Waals surface area contributed by atoms with Crippen molar-refractivity contribution in [3.63, 3.8) is 0 Å². The largest absolute Gasteiger partial charge is 0.310 e. The van der Waals surface area contributed by atoms with Crippen molar-refractivity contribution < 1.29 is 0 Å². The average Bonchev–Trinajstić information content (AvgIpc) is 2.95. The van der Waals surface area contributed by atoms with Gasteiger partial charge in [0.05, 0.1) is 0 Å². The van der Waals surface area contributed by atoms with Crippen molar-refractivity contribution >= 4 is 0 Å². The Bertz CT molecular complexity index is 549. The monoisotopic (exact) mass is 229 g/mol. The molecule has 1 N–H and O–H groups in total. The summed E-state index contributed by atoms with van der Waals surface area (Å²) in [4.78, 5) is 0. The number of fused-ring (bicyclic) bond motifs is 1. The van der Waals surface area contributed by atoms with Gasteiger partial charge in [0.2, 0.25) is 0 Å². The average molecular weight is 229 g/mol. The highest BCUT2D eigenvalue weighted by Gasteiger charge is 2.27. The van der Waals surface area contributed by atoms with E-state index in [1.807, 2.05) is 0 Å². The number of aromatic amines is 1. The molecule has 1 aliphatic carbocycles. The van der Waals surface area contributed by atoms with Gasteiger partial charge in [-0.1, -0.05) is 0 Å². The van der Waals surface area contributed by atoms with Gasteiger partial charge in [0, 0.05) is 24.6 Å². The fraction of sp³-hybridized carbons (Fsp3) is 0.583. The molecule has 0 unspecified atom stereocenters. The number of aryl methyl sites for hydroxylation is 1. The van der Waals surface area contributed by atoms with Crippen LogP contribution in [0.3, 0.4) is 0 Å².